The Morgan fingerprint density at radius 3 is 1.57 bits per heavy atom. The maximum Gasteiger partial charge on any atom is -0.0146 e. The molecular formula is C23H32. The number of unbranched alkanes of at least 4 members (excludes halogenated alkanes) is 3. The first-order valence-electron chi connectivity index (χ1n) is 9.35. The average molecular weight is 309 g/mol. The van der Waals surface area contributed by atoms with Gasteiger partial charge in [-0.3, -0.25) is 0 Å². The molecule has 0 radical (unpaired) electrons. The fraction of sp³-hybridized carbons (Fsp3) is 0.478. The van der Waals surface area contributed by atoms with Gasteiger partial charge >= 0.3 is 0 Å². The topological polar surface area (TPSA) is 0 Å². The van der Waals surface area contributed by atoms with Gasteiger partial charge in [-0.05, 0) is 61.8 Å². The van der Waals surface area contributed by atoms with Gasteiger partial charge in [-0.1, -0.05) is 80.6 Å². The highest BCUT2D eigenvalue weighted by molar-refractivity contribution is 5.72. The quantitative estimate of drug-likeness (QED) is 0.458. The van der Waals surface area contributed by atoms with Gasteiger partial charge in [0.1, 0.15) is 0 Å². The standard InChI is InChI=1S/C23H32/c1-5-7-9-11-21-15-13-19(4)17-23(21)22-16-18(3)12-14-20(22)10-8-6-2/h12-17H,5-11H2,1-4H3. The van der Waals surface area contributed by atoms with Crippen molar-refractivity contribution in [3.63, 3.8) is 0 Å². The Morgan fingerprint density at radius 2 is 1.09 bits per heavy atom. The fourth-order valence-corrected chi connectivity index (χ4v) is 3.25. The van der Waals surface area contributed by atoms with Crippen molar-refractivity contribution in [3.8, 4) is 11.1 Å². The third-order valence-electron chi connectivity index (χ3n) is 4.67. The van der Waals surface area contributed by atoms with Gasteiger partial charge in [-0.2, -0.15) is 0 Å². The van der Waals surface area contributed by atoms with Crippen LogP contribution in [0.15, 0.2) is 36.4 Å². The van der Waals surface area contributed by atoms with Crippen LogP contribution in [-0.2, 0) is 12.8 Å². The summed E-state index contributed by atoms with van der Waals surface area (Å²) in [7, 11) is 0. The van der Waals surface area contributed by atoms with Gasteiger partial charge in [0.05, 0.1) is 0 Å². The van der Waals surface area contributed by atoms with E-state index in [0.29, 0.717) is 0 Å². The summed E-state index contributed by atoms with van der Waals surface area (Å²) in [5.74, 6) is 0. The summed E-state index contributed by atoms with van der Waals surface area (Å²) < 4.78 is 0. The van der Waals surface area contributed by atoms with Gasteiger partial charge < -0.3 is 0 Å². The molecule has 0 aromatic heterocycles. The molecule has 0 nitrogen and oxygen atoms in total. The molecule has 124 valence electrons. The number of hydrogen-bond donors (Lipinski definition) is 0. The lowest BCUT2D eigenvalue weighted by atomic mass is 9.89. The van der Waals surface area contributed by atoms with Crippen LogP contribution >= 0.6 is 0 Å². The van der Waals surface area contributed by atoms with E-state index in [1.165, 1.54) is 78.3 Å². The third kappa shape index (κ3) is 4.96. The minimum atomic E-state index is 1.19. The summed E-state index contributed by atoms with van der Waals surface area (Å²) in [6.07, 6.45) is 8.82. The molecule has 0 heterocycles. The van der Waals surface area contributed by atoms with Crippen molar-refractivity contribution in [2.45, 2.75) is 72.6 Å². The minimum absolute atomic E-state index is 1.19. The van der Waals surface area contributed by atoms with Crippen LogP contribution in [0.4, 0.5) is 0 Å². The lowest BCUT2D eigenvalue weighted by Crippen LogP contribution is -1.97. The molecule has 0 aliphatic carbocycles. The lowest BCUT2D eigenvalue weighted by molar-refractivity contribution is 0.718. The first kappa shape index (κ1) is 17.8. The number of benzene rings is 2. The number of rotatable bonds is 8. The summed E-state index contributed by atoms with van der Waals surface area (Å²) in [6.45, 7) is 8.97. The molecule has 0 atom stereocenters. The summed E-state index contributed by atoms with van der Waals surface area (Å²) in [5.41, 5.74) is 8.69. The summed E-state index contributed by atoms with van der Waals surface area (Å²) >= 11 is 0. The predicted molar refractivity (Wildman–Crippen MR) is 103 cm³/mol. The first-order valence-corrected chi connectivity index (χ1v) is 9.35. The molecule has 0 saturated heterocycles. The fourth-order valence-electron chi connectivity index (χ4n) is 3.25. The van der Waals surface area contributed by atoms with E-state index in [1.807, 2.05) is 0 Å². The smallest absolute Gasteiger partial charge is 0.0146 e. The molecule has 0 fully saturated rings. The van der Waals surface area contributed by atoms with E-state index in [-0.39, 0.29) is 0 Å². The van der Waals surface area contributed by atoms with Crippen LogP contribution in [-0.4, -0.2) is 0 Å². The van der Waals surface area contributed by atoms with Crippen molar-refractivity contribution in [3.05, 3.63) is 58.7 Å². The Hall–Kier alpha value is -1.56. The second kappa shape index (κ2) is 8.91. The van der Waals surface area contributed by atoms with E-state index in [0.717, 1.165) is 0 Å². The number of aryl methyl sites for hydroxylation is 4. The van der Waals surface area contributed by atoms with Crippen LogP contribution in [0.5, 0.6) is 0 Å². The molecule has 0 aliphatic heterocycles. The van der Waals surface area contributed by atoms with Gasteiger partial charge in [-0.25, -0.2) is 0 Å². The van der Waals surface area contributed by atoms with E-state index in [4.69, 9.17) is 0 Å². The maximum absolute atomic E-state index is 2.39. The van der Waals surface area contributed by atoms with Gasteiger partial charge in [0.2, 0.25) is 0 Å². The molecule has 2 rings (SSSR count). The zero-order valence-corrected chi connectivity index (χ0v) is 15.4. The van der Waals surface area contributed by atoms with E-state index >= 15 is 0 Å². The Labute approximate surface area is 143 Å². The van der Waals surface area contributed by atoms with Crippen LogP contribution < -0.4 is 0 Å². The first-order chi connectivity index (χ1) is 11.2. The van der Waals surface area contributed by atoms with Crippen LogP contribution in [0.25, 0.3) is 11.1 Å². The van der Waals surface area contributed by atoms with E-state index in [1.54, 1.807) is 0 Å². The minimum Gasteiger partial charge on any atom is -0.0654 e. The highest BCUT2D eigenvalue weighted by Gasteiger charge is 2.10. The van der Waals surface area contributed by atoms with E-state index in [9.17, 15) is 0 Å². The zero-order valence-electron chi connectivity index (χ0n) is 15.4. The predicted octanol–water partition coefficient (Wildman–Crippen LogP) is 7.05. The van der Waals surface area contributed by atoms with E-state index in [2.05, 4.69) is 64.1 Å². The highest BCUT2D eigenvalue weighted by atomic mass is 14.1. The Bertz CT molecular complexity index is 622. The molecule has 23 heavy (non-hydrogen) atoms. The van der Waals surface area contributed by atoms with Crippen LogP contribution in [0.1, 0.15) is 68.2 Å². The van der Waals surface area contributed by atoms with Crippen molar-refractivity contribution in [1.82, 2.24) is 0 Å². The second-order valence-corrected chi connectivity index (χ2v) is 6.88. The molecule has 0 bridgehead atoms. The third-order valence-corrected chi connectivity index (χ3v) is 4.67. The van der Waals surface area contributed by atoms with Crippen molar-refractivity contribution in [1.29, 1.82) is 0 Å². The molecular weight excluding hydrogens is 276 g/mol. The van der Waals surface area contributed by atoms with Crippen molar-refractivity contribution in [2.24, 2.45) is 0 Å². The highest BCUT2D eigenvalue weighted by Crippen LogP contribution is 2.31. The molecule has 0 amide bonds. The molecule has 2 aromatic rings. The van der Waals surface area contributed by atoms with Crippen molar-refractivity contribution < 1.29 is 0 Å². The van der Waals surface area contributed by atoms with Crippen LogP contribution in [0.2, 0.25) is 0 Å². The van der Waals surface area contributed by atoms with Gasteiger partial charge in [0, 0.05) is 0 Å². The summed E-state index contributed by atoms with van der Waals surface area (Å²) in [6, 6.07) is 14.0. The van der Waals surface area contributed by atoms with Crippen molar-refractivity contribution >= 4 is 0 Å². The Balaban J connectivity index is 2.42. The molecule has 0 aliphatic rings. The number of hydrogen-bond acceptors (Lipinski definition) is 0. The van der Waals surface area contributed by atoms with Crippen LogP contribution in [0.3, 0.4) is 0 Å². The summed E-state index contributed by atoms with van der Waals surface area (Å²) in [4.78, 5) is 0. The Kier molecular flexibility index (Phi) is 6.89. The second-order valence-electron chi connectivity index (χ2n) is 6.88. The van der Waals surface area contributed by atoms with Gasteiger partial charge in [0.15, 0.2) is 0 Å². The maximum atomic E-state index is 2.39. The Morgan fingerprint density at radius 1 is 0.609 bits per heavy atom. The zero-order chi connectivity index (χ0) is 16.7. The largest absolute Gasteiger partial charge is 0.0654 e. The molecule has 2 aromatic carbocycles. The van der Waals surface area contributed by atoms with Gasteiger partial charge in [-0.15, -0.1) is 0 Å². The molecule has 0 saturated carbocycles. The SMILES string of the molecule is CCCCCc1ccc(C)cc1-c1cc(C)ccc1CCCC. The van der Waals surface area contributed by atoms with Gasteiger partial charge in [0.25, 0.3) is 0 Å². The van der Waals surface area contributed by atoms with Crippen LogP contribution in [0, 0.1) is 13.8 Å². The molecule has 0 N–H and O–H groups in total. The normalized spacial score (nSPS) is 11.0. The molecule has 0 spiro atoms. The lowest BCUT2D eigenvalue weighted by Gasteiger charge is -2.16. The molecule has 0 unspecified atom stereocenters. The monoisotopic (exact) mass is 308 g/mol. The molecule has 0 heteroatoms. The van der Waals surface area contributed by atoms with E-state index < -0.39 is 0 Å². The van der Waals surface area contributed by atoms with Crippen molar-refractivity contribution in [2.75, 3.05) is 0 Å². The average Bonchev–Trinajstić information content (AvgIpc) is 2.55. The summed E-state index contributed by atoms with van der Waals surface area (Å²) in [5, 5.41) is 0.